The number of pyridine rings is 1. The van der Waals surface area contributed by atoms with Crippen LogP contribution in [0.25, 0.3) is 0 Å². The highest BCUT2D eigenvalue weighted by atomic mass is 19.1. The van der Waals surface area contributed by atoms with Crippen LogP contribution in [0, 0.1) is 5.82 Å². The second-order valence-corrected chi connectivity index (χ2v) is 6.74. The summed E-state index contributed by atoms with van der Waals surface area (Å²) in [5.74, 6) is 0.961. The SMILES string of the molecule is O=C(c1ccccn1)N1CCC[C@H](c2ncc(Cc3ccccc3F)o2)C1. The number of nitrogens with zero attached hydrogens (tertiary/aromatic N) is 3. The van der Waals surface area contributed by atoms with E-state index >= 15 is 0 Å². The molecule has 1 aliphatic heterocycles. The van der Waals surface area contributed by atoms with Crippen LogP contribution in [0.1, 0.15) is 46.5 Å². The zero-order chi connectivity index (χ0) is 18.6. The van der Waals surface area contributed by atoms with Crippen LogP contribution in [0.2, 0.25) is 0 Å². The van der Waals surface area contributed by atoms with Gasteiger partial charge in [0, 0.05) is 25.7 Å². The topological polar surface area (TPSA) is 59.2 Å². The maximum atomic E-state index is 13.8. The van der Waals surface area contributed by atoms with Gasteiger partial charge in [0.25, 0.3) is 5.91 Å². The van der Waals surface area contributed by atoms with Crippen molar-refractivity contribution < 1.29 is 13.6 Å². The Balaban J connectivity index is 1.45. The molecule has 27 heavy (non-hydrogen) atoms. The largest absolute Gasteiger partial charge is 0.445 e. The average Bonchev–Trinajstić information content (AvgIpc) is 3.19. The van der Waals surface area contributed by atoms with Gasteiger partial charge < -0.3 is 9.32 Å². The minimum atomic E-state index is -0.250. The van der Waals surface area contributed by atoms with Gasteiger partial charge in [-0.05, 0) is 36.6 Å². The molecule has 0 radical (unpaired) electrons. The summed E-state index contributed by atoms with van der Waals surface area (Å²) in [6.07, 6.45) is 5.43. The number of likely N-dealkylation sites (tertiary alicyclic amines) is 1. The van der Waals surface area contributed by atoms with Gasteiger partial charge in [0.2, 0.25) is 0 Å². The number of oxazole rings is 1. The number of hydrogen-bond acceptors (Lipinski definition) is 4. The average molecular weight is 365 g/mol. The van der Waals surface area contributed by atoms with E-state index in [-0.39, 0.29) is 17.6 Å². The lowest BCUT2D eigenvalue weighted by Crippen LogP contribution is -2.39. The molecule has 1 amide bonds. The van der Waals surface area contributed by atoms with Crippen molar-refractivity contribution in [3.05, 3.63) is 83.6 Å². The molecule has 1 atom stereocenters. The molecule has 2 aromatic heterocycles. The molecule has 3 heterocycles. The Labute approximate surface area is 156 Å². The Morgan fingerprint density at radius 2 is 2.04 bits per heavy atom. The number of carbonyl (C=O) groups is 1. The van der Waals surface area contributed by atoms with E-state index in [0.717, 1.165) is 12.8 Å². The minimum Gasteiger partial charge on any atom is -0.445 e. The van der Waals surface area contributed by atoms with Gasteiger partial charge in [-0.15, -0.1) is 0 Å². The molecule has 1 aromatic carbocycles. The number of amides is 1. The minimum absolute atomic E-state index is 0.0424. The molecule has 0 aliphatic carbocycles. The van der Waals surface area contributed by atoms with Crippen LogP contribution in [0.4, 0.5) is 4.39 Å². The lowest BCUT2D eigenvalue weighted by molar-refractivity contribution is 0.0692. The zero-order valence-electron chi connectivity index (χ0n) is 14.8. The third kappa shape index (κ3) is 3.89. The first-order chi connectivity index (χ1) is 13.2. The maximum absolute atomic E-state index is 13.8. The molecule has 1 saturated heterocycles. The summed E-state index contributed by atoms with van der Waals surface area (Å²) in [6.45, 7) is 1.25. The number of aromatic nitrogens is 2. The molecule has 1 fully saturated rings. The fraction of sp³-hybridized carbons (Fsp3) is 0.286. The fourth-order valence-electron chi connectivity index (χ4n) is 3.44. The van der Waals surface area contributed by atoms with Crippen LogP contribution < -0.4 is 0 Å². The van der Waals surface area contributed by atoms with Crippen molar-refractivity contribution >= 4 is 5.91 Å². The number of rotatable bonds is 4. The summed E-state index contributed by atoms with van der Waals surface area (Å²) in [5.41, 5.74) is 1.03. The first kappa shape index (κ1) is 17.4. The van der Waals surface area contributed by atoms with Crippen molar-refractivity contribution in [2.45, 2.75) is 25.2 Å². The van der Waals surface area contributed by atoms with E-state index < -0.39 is 0 Å². The molecule has 1 aliphatic rings. The third-order valence-electron chi connectivity index (χ3n) is 4.84. The van der Waals surface area contributed by atoms with Crippen molar-refractivity contribution in [1.82, 2.24) is 14.9 Å². The van der Waals surface area contributed by atoms with Crippen LogP contribution in [0.15, 0.2) is 59.3 Å². The first-order valence-corrected chi connectivity index (χ1v) is 9.09. The summed E-state index contributed by atoms with van der Waals surface area (Å²) >= 11 is 0. The lowest BCUT2D eigenvalue weighted by atomic mass is 9.97. The van der Waals surface area contributed by atoms with Gasteiger partial charge >= 0.3 is 0 Å². The van der Waals surface area contributed by atoms with Crippen LogP contribution in [0.5, 0.6) is 0 Å². The summed E-state index contributed by atoms with van der Waals surface area (Å²) < 4.78 is 19.7. The third-order valence-corrected chi connectivity index (χ3v) is 4.84. The van der Waals surface area contributed by atoms with Crippen molar-refractivity contribution in [2.75, 3.05) is 13.1 Å². The van der Waals surface area contributed by atoms with Crippen molar-refractivity contribution in [2.24, 2.45) is 0 Å². The standard InChI is InChI=1S/C21H20FN3O2/c22-18-8-2-1-6-15(18)12-17-13-24-20(27-17)16-7-5-11-25(14-16)21(26)19-9-3-4-10-23-19/h1-4,6,8-10,13,16H,5,7,11-12,14H2/t16-/m0/s1. The van der Waals surface area contributed by atoms with E-state index in [0.29, 0.717) is 42.4 Å². The van der Waals surface area contributed by atoms with Crippen LogP contribution in [-0.4, -0.2) is 33.9 Å². The van der Waals surface area contributed by atoms with Crippen LogP contribution in [-0.2, 0) is 6.42 Å². The molecular formula is C21H20FN3O2. The predicted molar refractivity (Wildman–Crippen MR) is 97.8 cm³/mol. The molecule has 6 heteroatoms. The molecule has 0 spiro atoms. The number of benzene rings is 1. The van der Waals surface area contributed by atoms with Crippen LogP contribution in [0.3, 0.4) is 0 Å². The Bertz CT molecular complexity index is 926. The van der Waals surface area contributed by atoms with E-state index in [1.165, 1.54) is 6.07 Å². The number of carbonyl (C=O) groups excluding carboxylic acids is 1. The van der Waals surface area contributed by atoms with Crippen molar-refractivity contribution in [1.29, 1.82) is 0 Å². The van der Waals surface area contributed by atoms with Gasteiger partial charge in [-0.25, -0.2) is 9.37 Å². The molecule has 4 rings (SSSR count). The van der Waals surface area contributed by atoms with Crippen LogP contribution >= 0.6 is 0 Å². The van der Waals surface area contributed by atoms with Gasteiger partial charge in [-0.1, -0.05) is 24.3 Å². The number of hydrogen-bond donors (Lipinski definition) is 0. The highest BCUT2D eigenvalue weighted by molar-refractivity contribution is 5.92. The van der Waals surface area contributed by atoms with E-state index in [4.69, 9.17) is 4.42 Å². The predicted octanol–water partition coefficient (Wildman–Crippen LogP) is 3.82. The second kappa shape index (κ2) is 7.70. The van der Waals surface area contributed by atoms with E-state index in [9.17, 15) is 9.18 Å². The van der Waals surface area contributed by atoms with E-state index in [1.807, 2.05) is 6.07 Å². The smallest absolute Gasteiger partial charge is 0.272 e. The lowest BCUT2D eigenvalue weighted by Gasteiger charge is -2.31. The summed E-state index contributed by atoms with van der Waals surface area (Å²) in [6, 6.07) is 12.0. The highest BCUT2D eigenvalue weighted by Gasteiger charge is 2.28. The second-order valence-electron chi connectivity index (χ2n) is 6.74. The molecule has 0 bridgehead atoms. The summed E-state index contributed by atoms with van der Waals surface area (Å²) in [4.78, 5) is 23.0. The summed E-state index contributed by atoms with van der Waals surface area (Å²) in [5, 5.41) is 0. The van der Waals surface area contributed by atoms with Crippen molar-refractivity contribution in [3.63, 3.8) is 0 Å². The fourth-order valence-corrected chi connectivity index (χ4v) is 3.44. The zero-order valence-corrected chi connectivity index (χ0v) is 14.8. The highest BCUT2D eigenvalue weighted by Crippen LogP contribution is 2.28. The molecule has 0 unspecified atom stereocenters. The van der Waals surface area contributed by atoms with E-state index in [1.54, 1.807) is 47.6 Å². The van der Waals surface area contributed by atoms with E-state index in [2.05, 4.69) is 9.97 Å². The molecule has 138 valence electrons. The molecular weight excluding hydrogens is 345 g/mol. The Morgan fingerprint density at radius 1 is 1.19 bits per heavy atom. The Hall–Kier alpha value is -3.02. The van der Waals surface area contributed by atoms with Gasteiger partial charge in [0.1, 0.15) is 17.3 Å². The monoisotopic (exact) mass is 365 g/mol. The number of piperidine rings is 1. The van der Waals surface area contributed by atoms with Gasteiger partial charge in [-0.3, -0.25) is 9.78 Å². The maximum Gasteiger partial charge on any atom is 0.272 e. The van der Waals surface area contributed by atoms with Gasteiger partial charge in [-0.2, -0.15) is 0 Å². The quantitative estimate of drug-likeness (QED) is 0.705. The normalized spacial score (nSPS) is 17.1. The summed E-state index contributed by atoms with van der Waals surface area (Å²) in [7, 11) is 0. The van der Waals surface area contributed by atoms with Gasteiger partial charge in [0.15, 0.2) is 5.89 Å². The molecule has 0 saturated carbocycles. The molecule has 0 N–H and O–H groups in total. The first-order valence-electron chi connectivity index (χ1n) is 9.09. The Kier molecular flexibility index (Phi) is 4.96. The Morgan fingerprint density at radius 3 is 2.85 bits per heavy atom. The van der Waals surface area contributed by atoms with Gasteiger partial charge in [0.05, 0.1) is 12.1 Å². The van der Waals surface area contributed by atoms with Crippen molar-refractivity contribution in [3.8, 4) is 0 Å². The number of halogens is 1. The molecule has 3 aromatic rings. The molecule has 5 nitrogen and oxygen atoms in total.